The number of para-hydroxylation sites is 1. The molecule has 0 bridgehead atoms. The lowest BCUT2D eigenvalue weighted by atomic mass is 10.2. The molecule has 0 spiro atoms. The molecule has 4 nitrogen and oxygen atoms in total. The number of benzene rings is 1. The molecular weight excluding hydrogens is 224 g/mol. The zero-order valence-corrected chi connectivity index (χ0v) is 10.8. The fourth-order valence-electron chi connectivity index (χ4n) is 1.55. The highest BCUT2D eigenvalue weighted by atomic mass is 15.2. The van der Waals surface area contributed by atoms with E-state index < -0.39 is 0 Å². The van der Waals surface area contributed by atoms with Gasteiger partial charge in [-0.3, -0.25) is 0 Å². The molecule has 2 rings (SSSR count). The third-order valence-electron chi connectivity index (χ3n) is 2.52. The highest BCUT2D eigenvalue weighted by Crippen LogP contribution is 2.27. The van der Waals surface area contributed by atoms with Crippen LogP contribution in [0.5, 0.6) is 0 Å². The van der Waals surface area contributed by atoms with Gasteiger partial charge in [0.15, 0.2) is 5.82 Å². The first-order valence-electron chi connectivity index (χ1n) is 5.77. The van der Waals surface area contributed by atoms with E-state index in [0.717, 1.165) is 16.9 Å². The molecule has 0 aliphatic rings. The third-order valence-corrected chi connectivity index (χ3v) is 2.52. The summed E-state index contributed by atoms with van der Waals surface area (Å²) >= 11 is 0. The van der Waals surface area contributed by atoms with Gasteiger partial charge in [-0.2, -0.15) is 0 Å². The van der Waals surface area contributed by atoms with Gasteiger partial charge in [-0.15, -0.1) is 10.2 Å². The number of aromatic nitrogens is 1. The third kappa shape index (κ3) is 2.91. The standard InChI is InChI=1S/C14H16N4/c1-11-8-9-14(15-10-11)17-16-12-6-4-5-7-13(12)18(2)3/h4-10H,1-3H3. The molecule has 0 radical (unpaired) electrons. The predicted molar refractivity (Wildman–Crippen MR) is 73.9 cm³/mol. The molecule has 0 amide bonds. The zero-order chi connectivity index (χ0) is 13.0. The van der Waals surface area contributed by atoms with Gasteiger partial charge in [-0.25, -0.2) is 4.98 Å². The number of hydrogen-bond donors (Lipinski definition) is 0. The van der Waals surface area contributed by atoms with Gasteiger partial charge in [0, 0.05) is 20.3 Å². The topological polar surface area (TPSA) is 40.9 Å². The molecule has 1 aromatic carbocycles. The smallest absolute Gasteiger partial charge is 0.174 e. The number of aryl methyl sites for hydroxylation is 1. The van der Waals surface area contributed by atoms with Crippen LogP contribution in [-0.2, 0) is 0 Å². The second-order valence-electron chi connectivity index (χ2n) is 4.28. The molecule has 0 atom stereocenters. The maximum Gasteiger partial charge on any atom is 0.174 e. The van der Waals surface area contributed by atoms with E-state index in [9.17, 15) is 0 Å². The molecular formula is C14H16N4. The highest BCUT2D eigenvalue weighted by Gasteiger charge is 2.01. The van der Waals surface area contributed by atoms with Crippen molar-refractivity contribution in [1.82, 2.24) is 4.98 Å². The molecule has 4 heteroatoms. The van der Waals surface area contributed by atoms with Crippen LogP contribution in [0.2, 0.25) is 0 Å². The van der Waals surface area contributed by atoms with Crippen molar-refractivity contribution in [2.24, 2.45) is 10.2 Å². The first-order chi connectivity index (χ1) is 8.66. The first kappa shape index (κ1) is 12.2. The van der Waals surface area contributed by atoms with E-state index in [4.69, 9.17) is 0 Å². The summed E-state index contributed by atoms with van der Waals surface area (Å²) in [5, 5.41) is 8.40. The van der Waals surface area contributed by atoms with Gasteiger partial charge in [0.05, 0.1) is 5.69 Å². The van der Waals surface area contributed by atoms with Crippen LogP contribution in [0.25, 0.3) is 0 Å². The summed E-state index contributed by atoms with van der Waals surface area (Å²) in [5.74, 6) is 0.620. The minimum Gasteiger partial charge on any atom is -0.376 e. The van der Waals surface area contributed by atoms with Crippen molar-refractivity contribution < 1.29 is 0 Å². The summed E-state index contributed by atoms with van der Waals surface area (Å²) in [5.41, 5.74) is 2.99. The van der Waals surface area contributed by atoms with Crippen molar-refractivity contribution in [1.29, 1.82) is 0 Å². The largest absolute Gasteiger partial charge is 0.376 e. The Morgan fingerprint density at radius 2 is 1.78 bits per heavy atom. The molecule has 2 aromatic rings. The molecule has 1 aromatic heterocycles. The first-order valence-corrected chi connectivity index (χ1v) is 5.77. The molecule has 0 saturated carbocycles. The van der Waals surface area contributed by atoms with E-state index >= 15 is 0 Å². The number of rotatable bonds is 3. The Bertz CT molecular complexity index is 544. The van der Waals surface area contributed by atoms with E-state index in [-0.39, 0.29) is 0 Å². The van der Waals surface area contributed by atoms with Crippen molar-refractivity contribution in [3.05, 3.63) is 48.2 Å². The van der Waals surface area contributed by atoms with Crippen LogP contribution in [0.15, 0.2) is 52.8 Å². The number of pyridine rings is 1. The molecule has 0 unspecified atom stereocenters. The molecule has 0 aliphatic heterocycles. The van der Waals surface area contributed by atoms with E-state index in [2.05, 4.69) is 15.2 Å². The Morgan fingerprint density at radius 1 is 1.00 bits per heavy atom. The average molecular weight is 240 g/mol. The number of azo groups is 1. The molecule has 0 fully saturated rings. The van der Waals surface area contributed by atoms with E-state index in [0.29, 0.717) is 5.82 Å². The van der Waals surface area contributed by atoms with Gasteiger partial charge in [-0.1, -0.05) is 18.2 Å². The van der Waals surface area contributed by atoms with Crippen molar-refractivity contribution in [2.75, 3.05) is 19.0 Å². The van der Waals surface area contributed by atoms with Crippen molar-refractivity contribution in [2.45, 2.75) is 6.92 Å². The Hall–Kier alpha value is -2.23. The fraction of sp³-hybridized carbons (Fsp3) is 0.214. The normalized spacial score (nSPS) is 10.8. The second kappa shape index (κ2) is 5.40. The minimum atomic E-state index is 0.620. The molecule has 0 N–H and O–H groups in total. The summed E-state index contributed by atoms with van der Waals surface area (Å²) in [6, 6.07) is 11.7. The second-order valence-corrected chi connectivity index (χ2v) is 4.28. The minimum absolute atomic E-state index is 0.620. The Morgan fingerprint density at radius 3 is 2.44 bits per heavy atom. The number of hydrogen-bond acceptors (Lipinski definition) is 4. The Kier molecular flexibility index (Phi) is 3.67. The van der Waals surface area contributed by atoms with Crippen molar-refractivity contribution >= 4 is 17.2 Å². The molecule has 92 valence electrons. The average Bonchev–Trinajstić information content (AvgIpc) is 2.38. The maximum absolute atomic E-state index is 4.25. The van der Waals surface area contributed by atoms with Gasteiger partial charge in [-0.05, 0) is 30.7 Å². The lowest BCUT2D eigenvalue weighted by Crippen LogP contribution is -2.08. The van der Waals surface area contributed by atoms with Gasteiger partial charge in [0.1, 0.15) is 5.69 Å². The predicted octanol–water partition coefficient (Wildman–Crippen LogP) is 3.87. The quantitative estimate of drug-likeness (QED) is 0.764. The van der Waals surface area contributed by atoms with Gasteiger partial charge < -0.3 is 4.90 Å². The molecule has 1 heterocycles. The summed E-state index contributed by atoms with van der Waals surface area (Å²) in [4.78, 5) is 6.20. The lowest BCUT2D eigenvalue weighted by molar-refractivity contribution is 1.10. The van der Waals surface area contributed by atoms with Crippen LogP contribution in [-0.4, -0.2) is 19.1 Å². The zero-order valence-electron chi connectivity index (χ0n) is 10.8. The summed E-state index contributed by atoms with van der Waals surface area (Å²) in [7, 11) is 3.97. The molecule has 18 heavy (non-hydrogen) atoms. The van der Waals surface area contributed by atoms with E-state index in [1.54, 1.807) is 6.20 Å². The fourth-order valence-corrected chi connectivity index (χ4v) is 1.55. The lowest BCUT2D eigenvalue weighted by Gasteiger charge is -2.13. The van der Waals surface area contributed by atoms with Crippen LogP contribution in [0.1, 0.15) is 5.56 Å². The summed E-state index contributed by atoms with van der Waals surface area (Å²) in [6.07, 6.45) is 1.78. The Balaban J connectivity index is 2.26. The number of anilines is 1. The van der Waals surface area contributed by atoms with Crippen molar-refractivity contribution in [3.8, 4) is 0 Å². The van der Waals surface area contributed by atoms with Gasteiger partial charge in [0.25, 0.3) is 0 Å². The SMILES string of the molecule is Cc1ccc(N=Nc2ccccc2N(C)C)nc1. The number of nitrogens with zero attached hydrogens (tertiary/aromatic N) is 4. The van der Waals surface area contributed by atoms with Crippen LogP contribution < -0.4 is 4.90 Å². The maximum atomic E-state index is 4.25. The molecule has 0 aliphatic carbocycles. The van der Waals surface area contributed by atoms with Gasteiger partial charge in [0.2, 0.25) is 0 Å². The summed E-state index contributed by atoms with van der Waals surface area (Å²) < 4.78 is 0. The van der Waals surface area contributed by atoms with E-state index in [1.165, 1.54) is 0 Å². The van der Waals surface area contributed by atoms with Crippen LogP contribution in [0, 0.1) is 6.92 Å². The van der Waals surface area contributed by atoms with Crippen molar-refractivity contribution in [3.63, 3.8) is 0 Å². The monoisotopic (exact) mass is 240 g/mol. The van der Waals surface area contributed by atoms with Crippen LogP contribution in [0.3, 0.4) is 0 Å². The molecule has 0 saturated heterocycles. The summed E-state index contributed by atoms with van der Waals surface area (Å²) in [6.45, 7) is 2.00. The Labute approximate surface area is 107 Å². The highest BCUT2D eigenvalue weighted by molar-refractivity contribution is 5.65. The van der Waals surface area contributed by atoms with E-state index in [1.807, 2.05) is 62.3 Å². The van der Waals surface area contributed by atoms with Crippen LogP contribution >= 0.6 is 0 Å². The van der Waals surface area contributed by atoms with Crippen LogP contribution in [0.4, 0.5) is 17.2 Å². The van der Waals surface area contributed by atoms with Gasteiger partial charge >= 0.3 is 0 Å².